The van der Waals surface area contributed by atoms with Crippen molar-refractivity contribution < 1.29 is 18.9 Å². The summed E-state index contributed by atoms with van der Waals surface area (Å²) in [4.78, 5) is 0. The van der Waals surface area contributed by atoms with Crippen LogP contribution in [0, 0.1) is 0 Å². The Kier molecular flexibility index (Phi) is 7.56. The Bertz CT molecular complexity index is 1370. The highest BCUT2D eigenvalue weighted by atomic mass is 16.5. The van der Waals surface area contributed by atoms with Gasteiger partial charge in [-0.15, -0.1) is 0 Å². The van der Waals surface area contributed by atoms with Gasteiger partial charge in [-0.25, -0.2) is 0 Å². The molecule has 0 atom stereocenters. The van der Waals surface area contributed by atoms with Crippen LogP contribution in [0.1, 0.15) is 11.1 Å². The quantitative estimate of drug-likeness (QED) is 0.133. The number of fused-ring (bicyclic) bond motifs is 3. The number of benzene rings is 4. The molecule has 1 aliphatic rings. The maximum Gasteiger partial charge on any atom is 0.122 e. The Hall–Kier alpha value is -4.44. The molecule has 37 heavy (non-hydrogen) atoms. The predicted octanol–water partition coefficient (Wildman–Crippen LogP) is 7.67. The predicted molar refractivity (Wildman–Crippen MR) is 149 cm³/mol. The molecule has 0 unspecified atom stereocenters. The SMILES string of the molecule is C=COCCOc1ccc(-c2ccc3c(c2-c2ccc(OCCOC=C)cc2)Cc2ccccc2-3)cc1. The van der Waals surface area contributed by atoms with E-state index in [0.29, 0.717) is 26.4 Å². The molecule has 186 valence electrons. The first-order chi connectivity index (χ1) is 18.3. The van der Waals surface area contributed by atoms with Gasteiger partial charge in [-0.1, -0.05) is 73.8 Å². The highest BCUT2D eigenvalue weighted by Crippen LogP contribution is 2.46. The first-order valence-electron chi connectivity index (χ1n) is 12.4. The summed E-state index contributed by atoms with van der Waals surface area (Å²) in [5, 5.41) is 0. The second kappa shape index (κ2) is 11.5. The minimum atomic E-state index is 0.473. The molecule has 0 aromatic heterocycles. The van der Waals surface area contributed by atoms with Crippen molar-refractivity contribution in [2.45, 2.75) is 6.42 Å². The van der Waals surface area contributed by atoms with E-state index >= 15 is 0 Å². The summed E-state index contributed by atoms with van der Waals surface area (Å²) in [6, 6.07) is 29.8. The molecule has 4 aromatic carbocycles. The van der Waals surface area contributed by atoms with E-state index in [4.69, 9.17) is 18.9 Å². The Balaban J connectivity index is 1.48. The summed E-state index contributed by atoms with van der Waals surface area (Å²) in [6.07, 6.45) is 3.77. The molecule has 0 fully saturated rings. The Morgan fingerprint density at radius 3 is 1.76 bits per heavy atom. The Morgan fingerprint density at radius 2 is 1.14 bits per heavy atom. The fourth-order valence-electron chi connectivity index (χ4n) is 4.81. The minimum Gasteiger partial charge on any atom is -0.498 e. The molecular formula is C33H30O4. The molecule has 0 radical (unpaired) electrons. The van der Waals surface area contributed by atoms with Crippen LogP contribution in [-0.2, 0) is 15.9 Å². The van der Waals surface area contributed by atoms with Gasteiger partial charge in [0, 0.05) is 0 Å². The van der Waals surface area contributed by atoms with Crippen molar-refractivity contribution in [3.8, 4) is 44.9 Å². The molecule has 0 spiro atoms. The largest absolute Gasteiger partial charge is 0.498 e. The monoisotopic (exact) mass is 490 g/mol. The molecule has 0 amide bonds. The fraction of sp³-hybridized carbons (Fsp3) is 0.152. The number of hydrogen-bond donors (Lipinski definition) is 0. The summed E-state index contributed by atoms with van der Waals surface area (Å²) < 4.78 is 21.9. The summed E-state index contributed by atoms with van der Waals surface area (Å²) in [7, 11) is 0. The first kappa shape index (κ1) is 24.3. The van der Waals surface area contributed by atoms with E-state index in [1.807, 2.05) is 24.3 Å². The van der Waals surface area contributed by atoms with Gasteiger partial charge in [0.1, 0.15) is 37.9 Å². The third kappa shape index (κ3) is 5.39. The smallest absolute Gasteiger partial charge is 0.122 e. The molecular weight excluding hydrogens is 460 g/mol. The number of ether oxygens (including phenoxy) is 4. The Morgan fingerprint density at radius 1 is 0.568 bits per heavy atom. The van der Waals surface area contributed by atoms with Crippen molar-refractivity contribution in [1.82, 2.24) is 0 Å². The lowest BCUT2D eigenvalue weighted by Gasteiger charge is -2.17. The summed E-state index contributed by atoms with van der Waals surface area (Å²) >= 11 is 0. The van der Waals surface area contributed by atoms with E-state index in [0.717, 1.165) is 29.0 Å². The van der Waals surface area contributed by atoms with Crippen LogP contribution in [0.3, 0.4) is 0 Å². The third-order valence-electron chi connectivity index (χ3n) is 6.47. The number of hydrogen-bond acceptors (Lipinski definition) is 4. The van der Waals surface area contributed by atoms with Crippen molar-refractivity contribution in [2.24, 2.45) is 0 Å². The van der Waals surface area contributed by atoms with Crippen LogP contribution in [0.2, 0.25) is 0 Å². The van der Waals surface area contributed by atoms with Gasteiger partial charge in [0.15, 0.2) is 0 Å². The lowest BCUT2D eigenvalue weighted by Crippen LogP contribution is -2.03. The van der Waals surface area contributed by atoms with E-state index in [-0.39, 0.29) is 0 Å². The lowest BCUT2D eigenvalue weighted by molar-refractivity contribution is 0.179. The highest BCUT2D eigenvalue weighted by Gasteiger charge is 2.24. The maximum absolute atomic E-state index is 5.82. The average Bonchev–Trinajstić information content (AvgIpc) is 3.33. The first-order valence-corrected chi connectivity index (χ1v) is 12.4. The van der Waals surface area contributed by atoms with Crippen LogP contribution >= 0.6 is 0 Å². The molecule has 4 aromatic rings. The standard InChI is InChI=1S/C33H30O4/c1-3-34-19-21-36-27-13-9-24(10-14-27)30-17-18-31-29-8-6-5-7-26(29)23-32(31)33(30)25-11-15-28(16-12-25)37-22-20-35-4-2/h3-18H,1-2,19-23H2. The van der Waals surface area contributed by atoms with Gasteiger partial charge in [-0.05, 0) is 75.2 Å². The molecule has 1 aliphatic carbocycles. The molecule has 0 saturated heterocycles. The molecule has 0 aliphatic heterocycles. The van der Waals surface area contributed by atoms with Gasteiger partial charge < -0.3 is 18.9 Å². The van der Waals surface area contributed by atoms with Crippen molar-refractivity contribution in [2.75, 3.05) is 26.4 Å². The van der Waals surface area contributed by atoms with Crippen molar-refractivity contribution in [1.29, 1.82) is 0 Å². The van der Waals surface area contributed by atoms with E-state index < -0.39 is 0 Å². The van der Waals surface area contributed by atoms with Crippen molar-refractivity contribution in [3.63, 3.8) is 0 Å². The lowest BCUT2D eigenvalue weighted by atomic mass is 9.88. The fourth-order valence-corrected chi connectivity index (χ4v) is 4.81. The van der Waals surface area contributed by atoms with Crippen molar-refractivity contribution in [3.05, 3.63) is 122 Å². The van der Waals surface area contributed by atoms with Crippen LogP contribution in [0.4, 0.5) is 0 Å². The minimum absolute atomic E-state index is 0.473. The molecule has 4 nitrogen and oxygen atoms in total. The van der Waals surface area contributed by atoms with Crippen LogP contribution in [0.5, 0.6) is 11.5 Å². The summed E-state index contributed by atoms with van der Waals surface area (Å²) in [5.74, 6) is 1.63. The molecule has 0 saturated carbocycles. The van der Waals surface area contributed by atoms with E-state index in [9.17, 15) is 0 Å². The van der Waals surface area contributed by atoms with Crippen LogP contribution in [0.15, 0.2) is 111 Å². The average molecular weight is 491 g/mol. The molecule has 0 bridgehead atoms. The molecule has 4 heteroatoms. The number of rotatable bonds is 12. The van der Waals surface area contributed by atoms with Gasteiger partial charge in [0.2, 0.25) is 0 Å². The van der Waals surface area contributed by atoms with E-state index in [1.165, 1.54) is 45.9 Å². The molecule has 0 heterocycles. The maximum atomic E-state index is 5.82. The summed E-state index contributed by atoms with van der Waals surface area (Å²) in [5.41, 5.74) is 10.1. The van der Waals surface area contributed by atoms with Gasteiger partial charge in [0.05, 0.1) is 12.5 Å². The van der Waals surface area contributed by atoms with E-state index in [1.54, 1.807) is 0 Å². The van der Waals surface area contributed by atoms with Crippen LogP contribution < -0.4 is 9.47 Å². The van der Waals surface area contributed by atoms with Gasteiger partial charge in [-0.3, -0.25) is 0 Å². The zero-order chi connectivity index (χ0) is 25.5. The van der Waals surface area contributed by atoms with Gasteiger partial charge >= 0.3 is 0 Å². The normalized spacial score (nSPS) is 11.2. The second-order valence-electron chi connectivity index (χ2n) is 8.67. The summed E-state index contributed by atoms with van der Waals surface area (Å²) in [6.45, 7) is 9.01. The second-order valence-corrected chi connectivity index (χ2v) is 8.67. The van der Waals surface area contributed by atoms with Crippen LogP contribution in [0.25, 0.3) is 33.4 Å². The zero-order valence-electron chi connectivity index (χ0n) is 20.8. The zero-order valence-corrected chi connectivity index (χ0v) is 20.8. The van der Waals surface area contributed by atoms with E-state index in [2.05, 4.69) is 73.8 Å². The third-order valence-corrected chi connectivity index (χ3v) is 6.47. The van der Waals surface area contributed by atoms with Gasteiger partial charge in [-0.2, -0.15) is 0 Å². The van der Waals surface area contributed by atoms with Gasteiger partial charge in [0.25, 0.3) is 0 Å². The molecule has 5 rings (SSSR count). The topological polar surface area (TPSA) is 36.9 Å². The van der Waals surface area contributed by atoms with Crippen LogP contribution in [-0.4, -0.2) is 26.4 Å². The highest BCUT2D eigenvalue weighted by molar-refractivity contribution is 5.93. The van der Waals surface area contributed by atoms with Crippen molar-refractivity contribution >= 4 is 0 Å². The Labute approximate surface area is 218 Å². The molecule has 0 N–H and O–H groups in total.